The molecule has 6 nitrogen and oxygen atoms in total. The minimum Gasteiger partial charge on any atom is -0.507 e. The Balaban J connectivity index is 0.000000187. The maximum atomic E-state index is 11.4. The van der Waals surface area contributed by atoms with Gasteiger partial charge in [-0.25, -0.2) is 9.59 Å². The van der Waals surface area contributed by atoms with Gasteiger partial charge < -0.3 is 20.1 Å². The second kappa shape index (κ2) is 16.8. The Bertz CT molecular complexity index is 2210. The molecule has 7 rings (SSSR count). The van der Waals surface area contributed by atoms with Crippen LogP contribution < -0.4 is 4.74 Å². The van der Waals surface area contributed by atoms with Gasteiger partial charge in [-0.1, -0.05) is 79.9 Å². The van der Waals surface area contributed by atoms with Crippen LogP contribution in [0.25, 0.3) is 22.3 Å². The van der Waals surface area contributed by atoms with Crippen LogP contribution >= 0.6 is 43.5 Å². The Hall–Kier alpha value is -4.63. The van der Waals surface area contributed by atoms with Crippen LogP contribution in [0.4, 0.5) is 0 Å². The first-order valence-corrected chi connectivity index (χ1v) is 18.8. The maximum Gasteiger partial charge on any atom is 0.335 e. The molecule has 0 heterocycles. The third-order valence-electron chi connectivity index (χ3n) is 9.21. The molecule has 0 fully saturated rings. The molecule has 0 spiro atoms. The zero-order valence-electron chi connectivity index (χ0n) is 28.0. The van der Waals surface area contributed by atoms with Gasteiger partial charge in [0.15, 0.2) is 0 Å². The molecule has 0 aromatic heterocycles. The number of ether oxygens (including phenoxy) is 1. The summed E-state index contributed by atoms with van der Waals surface area (Å²) in [6, 6.07) is 33.2. The Morgan fingerprint density at radius 2 is 1.12 bits per heavy atom. The monoisotopic (exact) mass is 840 g/mol. The van der Waals surface area contributed by atoms with Crippen molar-refractivity contribution in [3.05, 3.63) is 162 Å². The Morgan fingerprint density at radius 1 is 0.615 bits per heavy atom. The van der Waals surface area contributed by atoms with Gasteiger partial charge in [-0.3, -0.25) is 0 Å². The van der Waals surface area contributed by atoms with Crippen LogP contribution in [0.2, 0.25) is 5.02 Å². The van der Waals surface area contributed by atoms with E-state index in [1.54, 1.807) is 48.5 Å². The smallest absolute Gasteiger partial charge is 0.335 e. The number of phenolic OH excluding ortho intramolecular Hbond substituents is 1. The number of rotatable bonds is 9. The molecule has 5 aromatic rings. The first-order valence-electron chi connectivity index (χ1n) is 16.8. The van der Waals surface area contributed by atoms with E-state index < -0.39 is 11.9 Å². The van der Waals surface area contributed by atoms with Crippen molar-refractivity contribution in [1.29, 1.82) is 0 Å². The molecule has 264 valence electrons. The van der Waals surface area contributed by atoms with Gasteiger partial charge in [-0.05, 0) is 150 Å². The predicted molar refractivity (Wildman–Crippen MR) is 214 cm³/mol. The van der Waals surface area contributed by atoms with E-state index >= 15 is 0 Å². The van der Waals surface area contributed by atoms with Crippen molar-refractivity contribution in [2.24, 2.45) is 0 Å². The van der Waals surface area contributed by atoms with Gasteiger partial charge in [-0.2, -0.15) is 0 Å². The molecule has 2 aliphatic rings. The quantitative estimate of drug-likeness (QED) is 0.137. The van der Waals surface area contributed by atoms with Gasteiger partial charge in [-0.15, -0.1) is 0 Å². The number of carboxylic acid groups (broad SMARTS) is 2. The SMILES string of the molecule is O=C(O)c1cccc(C2=C(c3cc(Br)ccc3O)CCC2)c1.O=C(O)c1cccc(C2=C(c3cc(Br)ccc3OCc3ccc(Cl)cc3)CCC2)c1. The van der Waals surface area contributed by atoms with Gasteiger partial charge in [0, 0.05) is 25.1 Å². The first kappa shape index (κ1) is 37.1. The fraction of sp³-hybridized carbons (Fsp3) is 0.163. The summed E-state index contributed by atoms with van der Waals surface area (Å²) < 4.78 is 8.08. The van der Waals surface area contributed by atoms with Crippen molar-refractivity contribution >= 4 is 77.7 Å². The minimum absolute atomic E-state index is 0.256. The lowest BCUT2D eigenvalue weighted by Crippen LogP contribution is -1.99. The molecule has 3 N–H and O–H groups in total. The first-order chi connectivity index (χ1) is 25.1. The van der Waals surface area contributed by atoms with Crippen molar-refractivity contribution < 1.29 is 29.6 Å². The summed E-state index contributed by atoms with van der Waals surface area (Å²) in [7, 11) is 0. The molecule has 0 radical (unpaired) electrons. The number of allylic oxidation sites excluding steroid dienone is 4. The summed E-state index contributed by atoms with van der Waals surface area (Å²) in [6.07, 6.45) is 5.67. The van der Waals surface area contributed by atoms with E-state index in [-0.39, 0.29) is 11.3 Å². The van der Waals surface area contributed by atoms with E-state index in [2.05, 4.69) is 37.9 Å². The highest BCUT2D eigenvalue weighted by atomic mass is 79.9. The molecule has 2 aliphatic carbocycles. The Labute approximate surface area is 324 Å². The number of carboxylic acids is 2. The third-order valence-corrected chi connectivity index (χ3v) is 10.4. The average molecular weight is 843 g/mol. The summed E-state index contributed by atoms with van der Waals surface area (Å²) in [4.78, 5) is 22.6. The third kappa shape index (κ3) is 8.87. The van der Waals surface area contributed by atoms with Crippen LogP contribution in [0.5, 0.6) is 11.5 Å². The van der Waals surface area contributed by atoms with Crippen molar-refractivity contribution in [3.63, 3.8) is 0 Å². The number of hydrogen-bond donors (Lipinski definition) is 3. The van der Waals surface area contributed by atoms with Gasteiger partial charge in [0.2, 0.25) is 0 Å². The minimum atomic E-state index is -0.924. The van der Waals surface area contributed by atoms with Gasteiger partial charge >= 0.3 is 11.9 Å². The molecule has 0 unspecified atom stereocenters. The number of aromatic hydroxyl groups is 1. The highest BCUT2D eigenvalue weighted by Crippen LogP contribution is 2.45. The van der Waals surface area contributed by atoms with E-state index in [1.165, 1.54) is 11.1 Å². The largest absolute Gasteiger partial charge is 0.507 e. The lowest BCUT2D eigenvalue weighted by atomic mass is 9.95. The second-order valence-corrected chi connectivity index (χ2v) is 14.9. The van der Waals surface area contributed by atoms with Crippen LogP contribution in [0.1, 0.15) is 87.1 Å². The molecule has 5 aromatic carbocycles. The highest BCUT2D eigenvalue weighted by Gasteiger charge is 2.23. The van der Waals surface area contributed by atoms with E-state index in [0.717, 1.165) is 92.2 Å². The van der Waals surface area contributed by atoms with E-state index in [4.69, 9.17) is 21.4 Å². The molecule has 52 heavy (non-hydrogen) atoms. The summed E-state index contributed by atoms with van der Waals surface area (Å²) in [5.41, 5.74) is 10.0. The van der Waals surface area contributed by atoms with E-state index in [0.29, 0.717) is 17.2 Å². The molecule has 0 aliphatic heterocycles. The van der Waals surface area contributed by atoms with Crippen LogP contribution in [0, 0.1) is 0 Å². The highest BCUT2D eigenvalue weighted by molar-refractivity contribution is 9.10. The molecule has 0 saturated carbocycles. The predicted octanol–water partition coefficient (Wildman–Crippen LogP) is 12.4. The fourth-order valence-electron chi connectivity index (χ4n) is 6.75. The number of hydrogen-bond acceptors (Lipinski definition) is 4. The fourth-order valence-corrected chi connectivity index (χ4v) is 7.60. The molecule has 0 amide bonds. The number of phenols is 1. The van der Waals surface area contributed by atoms with Gasteiger partial charge in [0.1, 0.15) is 18.1 Å². The van der Waals surface area contributed by atoms with Crippen LogP contribution in [0.15, 0.2) is 118 Å². The summed E-state index contributed by atoms with van der Waals surface area (Å²) >= 11 is 13.0. The molecule has 0 atom stereocenters. The van der Waals surface area contributed by atoms with Gasteiger partial charge in [0.05, 0.1) is 11.1 Å². The lowest BCUT2D eigenvalue weighted by Gasteiger charge is -2.15. The number of aromatic carboxylic acids is 2. The van der Waals surface area contributed by atoms with E-state index in [9.17, 15) is 19.8 Å². The normalized spacial score (nSPS) is 13.9. The molecule has 0 saturated heterocycles. The lowest BCUT2D eigenvalue weighted by molar-refractivity contribution is 0.0686. The van der Waals surface area contributed by atoms with E-state index in [1.807, 2.05) is 54.6 Å². The van der Waals surface area contributed by atoms with Crippen LogP contribution in [-0.4, -0.2) is 27.3 Å². The number of carbonyl (C=O) groups is 2. The molecular weight excluding hydrogens is 808 g/mol. The summed E-state index contributed by atoms with van der Waals surface area (Å²) in [5.74, 6) is -0.761. The van der Waals surface area contributed by atoms with Crippen molar-refractivity contribution in [3.8, 4) is 11.5 Å². The maximum absolute atomic E-state index is 11.4. The molecule has 0 bridgehead atoms. The zero-order chi connectivity index (χ0) is 36.8. The van der Waals surface area contributed by atoms with Crippen molar-refractivity contribution in [2.45, 2.75) is 45.1 Å². The Morgan fingerprint density at radius 3 is 1.67 bits per heavy atom. The van der Waals surface area contributed by atoms with Crippen LogP contribution in [0.3, 0.4) is 0 Å². The van der Waals surface area contributed by atoms with Gasteiger partial charge in [0.25, 0.3) is 0 Å². The van der Waals surface area contributed by atoms with Crippen molar-refractivity contribution in [1.82, 2.24) is 0 Å². The summed E-state index contributed by atoms with van der Waals surface area (Å²) in [5, 5.41) is 29.4. The standard InChI is InChI=1S/C25H20BrClO3.C18H15BrO3/c26-19-9-12-24(30-15-16-7-10-20(27)11-8-16)23(14-19)22-6-2-5-21(22)17-3-1-4-18(13-17)25(28)29;19-13-7-8-17(20)16(10-13)15-6-2-5-14(15)11-3-1-4-12(9-11)18(21)22/h1,3-4,7-14H,2,5-6,15H2,(H,28,29);1,3-4,7-10,20H,2,5-6H2,(H,21,22). The van der Waals surface area contributed by atoms with Crippen LogP contribution in [-0.2, 0) is 6.61 Å². The van der Waals surface area contributed by atoms with Crippen molar-refractivity contribution in [2.75, 3.05) is 0 Å². The average Bonchev–Trinajstić information content (AvgIpc) is 3.84. The summed E-state index contributed by atoms with van der Waals surface area (Å²) in [6.45, 7) is 0.447. The topological polar surface area (TPSA) is 104 Å². The molecular formula is C43H35Br2ClO6. The molecule has 9 heteroatoms. The number of halogens is 3. The number of benzene rings is 5. The zero-order valence-corrected chi connectivity index (χ0v) is 32.0. The second-order valence-electron chi connectivity index (χ2n) is 12.6. The Kier molecular flexibility index (Phi) is 12.0.